The summed E-state index contributed by atoms with van der Waals surface area (Å²) < 4.78 is 23.2. The van der Waals surface area contributed by atoms with E-state index in [0.29, 0.717) is 13.0 Å². The molecule has 0 radical (unpaired) electrons. The van der Waals surface area contributed by atoms with Gasteiger partial charge in [-0.15, -0.1) is 11.3 Å². The molecule has 2 heterocycles. The minimum Gasteiger partial charge on any atom is -0.480 e. The number of carboxylic acid groups (broad SMARTS) is 1. The Hall–Kier alpha value is -0.990. The van der Waals surface area contributed by atoms with Crippen LogP contribution in [0.2, 0.25) is 0 Å². The molecule has 1 aromatic rings. The highest BCUT2D eigenvalue weighted by Gasteiger charge is 2.33. The molecule has 21 heavy (non-hydrogen) atoms. The second-order valence-corrected chi connectivity index (χ2v) is 8.51. The molecule has 0 amide bonds. The number of carbonyl (C=O) groups is 1. The zero-order valence-corrected chi connectivity index (χ0v) is 13.6. The lowest BCUT2D eigenvalue weighted by atomic mass is 10.2. The van der Waals surface area contributed by atoms with E-state index in [1.165, 1.54) is 0 Å². The Morgan fingerprint density at radius 3 is 2.90 bits per heavy atom. The van der Waals surface area contributed by atoms with Crippen molar-refractivity contribution in [3.8, 4) is 0 Å². The van der Waals surface area contributed by atoms with Gasteiger partial charge in [0.25, 0.3) is 0 Å². The quantitative estimate of drug-likeness (QED) is 0.806. The van der Waals surface area contributed by atoms with Crippen LogP contribution in [-0.2, 0) is 27.6 Å². The van der Waals surface area contributed by atoms with Crippen LogP contribution in [0, 0.1) is 0 Å². The van der Waals surface area contributed by atoms with Crippen LogP contribution in [0.4, 0.5) is 0 Å². The van der Waals surface area contributed by atoms with Crippen LogP contribution in [0.5, 0.6) is 0 Å². The second kappa shape index (κ2) is 6.85. The Bertz CT molecular complexity index is 597. The fourth-order valence-corrected chi connectivity index (χ4v) is 5.16. The molecule has 1 aliphatic heterocycles. The van der Waals surface area contributed by atoms with Gasteiger partial charge in [-0.1, -0.05) is 6.92 Å². The van der Waals surface area contributed by atoms with E-state index >= 15 is 0 Å². The maximum absolute atomic E-state index is 11.6. The highest BCUT2D eigenvalue weighted by molar-refractivity contribution is 7.91. The summed E-state index contributed by atoms with van der Waals surface area (Å²) in [5.74, 6) is -0.749. The first kappa shape index (κ1) is 16.4. The molecular weight excluding hydrogens is 312 g/mol. The summed E-state index contributed by atoms with van der Waals surface area (Å²) in [5.41, 5.74) is 0.828. The standard InChI is InChI=1S/C13H20N2O4S2/c1-2-3-12-14-10(8-20-12)6-15(7-13(16)17)11-4-5-21(18,19)9-11/h8,11H,2-7,9H2,1H3,(H,16,17). The van der Waals surface area contributed by atoms with Gasteiger partial charge < -0.3 is 5.11 Å². The van der Waals surface area contributed by atoms with Crippen molar-refractivity contribution >= 4 is 27.1 Å². The maximum Gasteiger partial charge on any atom is 0.317 e. The Kier molecular flexibility index (Phi) is 5.34. The van der Waals surface area contributed by atoms with Crippen LogP contribution >= 0.6 is 11.3 Å². The van der Waals surface area contributed by atoms with Crippen molar-refractivity contribution in [1.82, 2.24) is 9.88 Å². The molecule has 0 bridgehead atoms. The van der Waals surface area contributed by atoms with Gasteiger partial charge in [-0.05, 0) is 19.3 Å². The molecule has 118 valence electrons. The Morgan fingerprint density at radius 1 is 1.57 bits per heavy atom. The fraction of sp³-hybridized carbons (Fsp3) is 0.692. The van der Waals surface area contributed by atoms with Crippen LogP contribution < -0.4 is 0 Å². The molecule has 2 rings (SSSR count). The van der Waals surface area contributed by atoms with Gasteiger partial charge >= 0.3 is 5.97 Å². The Labute approximate surface area is 128 Å². The van der Waals surface area contributed by atoms with Gasteiger partial charge in [0, 0.05) is 18.0 Å². The molecule has 1 unspecified atom stereocenters. The van der Waals surface area contributed by atoms with E-state index in [4.69, 9.17) is 5.11 Å². The first-order valence-corrected chi connectivity index (χ1v) is 9.69. The molecule has 6 nitrogen and oxygen atoms in total. The highest BCUT2D eigenvalue weighted by Crippen LogP contribution is 2.21. The lowest BCUT2D eigenvalue weighted by Gasteiger charge is -2.25. The largest absolute Gasteiger partial charge is 0.480 e. The maximum atomic E-state index is 11.6. The van der Waals surface area contributed by atoms with Crippen molar-refractivity contribution < 1.29 is 18.3 Å². The van der Waals surface area contributed by atoms with E-state index in [2.05, 4.69) is 11.9 Å². The summed E-state index contributed by atoms with van der Waals surface area (Å²) in [6, 6.07) is -0.220. The number of hydrogen-bond acceptors (Lipinski definition) is 6. The van der Waals surface area contributed by atoms with Crippen LogP contribution in [0.3, 0.4) is 0 Å². The Balaban J connectivity index is 2.07. The van der Waals surface area contributed by atoms with Crippen molar-refractivity contribution in [3.05, 3.63) is 16.1 Å². The number of thiazole rings is 1. The number of hydrogen-bond donors (Lipinski definition) is 1. The second-order valence-electron chi connectivity index (χ2n) is 5.34. The zero-order chi connectivity index (χ0) is 15.5. The number of aliphatic carboxylic acids is 1. The van der Waals surface area contributed by atoms with Crippen molar-refractivity contribution in [1.29, 1.82) is 0 Å². The predicted molar refractivity (Wildman–Crippen MR) is 81.2 cm³/mol. The van der Waals surface area contributed by atoms with Crippen LogP contribution in [0.1, 0.15) is 30.5 Å². The highest BCUT2D eigenvalue weighted by atomic mass is 32.2. The van der Waals surface area contributed by atoms with Crippen molar-refractivity contribution in [2.24, 2.45) is 0 Å². The molecule has 1 aliphatic rings. The number of sulfone groups is 1. The normalized spacial score (nSPS) is 21.0. The van der Waals surface area contributed by atoms with Gasteiger partial charge in [0.2, 0.25) is 0 Å². The molecule has 0 aromatic carbocycles. The summed E-state index contributed by atoms with van der Waals surface area (Å²) in [4.78, 5) is 17.2. The summed E-state index contributed by atoms with van der Waals surface area (Å²) in [6.07, 6.45) is 2.44. The molecule has 1 N–H and O–H groups in total. The SMILES string of the molecule is CCCc1nc(CN(CC(=O)O)C2CCS(=O)(=O)C2)cs1. The molecule has 0 spiro atoms. The summed E-state index contributed by atoms with van der Waals surface area (Å²) in [7, 11) is -3.02. The topological polar surface area (TPSA) is 87.6 Å². The number of aryl methyl sites for hydroxylation is 1. The molecule has 8 heteroatoms. The van der Waals surface area contributed by atoms with E-state index in [9.17, 15) is 13.2 Å². The molecular formula is C13H20N2O4S2. The van der Waals surface area contributed by atoms with Gasteiger partial charge in [-0.3, -0.25) is 9.69 Å². The van der Waals surface area contributed by atoms with Crippen LogP contribution in [0.25, 0.3) is 0 Å². The third-order valence-electron chi connectivity index (χ3n) is 3.49. The van der Waals surface area contributed by atoms with Gasteiger partial charge in [0.05, 0.1) is 28.8 Å². The van der Waals surface area contributed by atoms with Gasteiger partial charge in [-0.2, -0.15) is 0 Å². The van der Waals surface area contributed by atoms with Crippen LogP contribution in [-0.4, -0.2) is 53.5 Å². The molecule has 0 saturated carbocycles. The monoisotopic (exact) mass is 332 g/mol. The third-order valence-corrected chi connectivity index (χ3v) is 6.20. The summed E-state index contributed by atoms with van der Waals surface area (Å²) in [5, 5.41) is 12.0. The lowest BCUT2D eigenvalue weighted by molar-refractivity contribution is -0.139. The fourth-order valence-electron chi connectivity index (χ4n) is 2.51. The van der Waals surface area contributed by atoms with Gasteiger partial charge in [0.1, 0.15) is 0 Å². The summed E-state index contributed by atoms with van der Waals surface area (Å²) in [6.45, 7) is 2.33. The third kappa shape index (κ3) is 4.76. The average Bonchev–Trinajstić information content (AvgIpc) is 2.95. The number of rotatable bonds is 7. The lowest BCUT2D eigenvalue weighted by Crippen LogP contribution is -2.39. The molecule has 1 aromatic heterocycles. The molecule has 1 saturated heterocycles. The number of carboxylic acids is 1. The molecule has 0 aliphatic carbocycles. The minimum atomic E-state index is -3.02. The van der Waals surface area contributed by atoms with E-state index in [1.807, 2.05) is 5.38 Å². The van der Waals surface area contributed by atoms with Gasteiger partial charge in [0.15, 0.2) is 9.84 Å². The van der Waals surface area contributed by atoms with Crippen LogP contribution in [0.15, 0.2) is 5.38 Å². The van der Waals surface area contributed by atoms with E-state index in [0.717, 1.165) is 23.5 Å². The number of nitrogens with zero attached hydrogens (tertiary/aromatic N) is 2. The minimum absolute atomic E-state index is 0.0479. The van der Waals surface area contributed by atoms with E-state index in [1.54, 1.807) is 16.2 Å². The summed E-state index contributed by atoms with van der Waals surface area (Å²) >= 11 is 1.57. The predicted octanol–water partition coefficient (Wildman–Crippen LogP) is 1.17. The molecule has 1 atom stereocenters. The first-order chi connectivity index (χ1) is 9.89. The van der Waals surface area contributed by atoms with Crippen molar-refractivity contribution in [2.75, 3.05) is 18.1 Å². The Morgan fingerprint density at radius 2 is 2.33 bits per heavy atom. The van der Waals surface area contributed by atoms with Crippen molar-refractivity contribution in [2.45, 2.75) is 38.8 Å². The zero-order valence-electron chi connectivity index (χ0n) is 12.0. The first-order valence-electron chi connectivity index (χ1n) is 6.99. The van der Waals surface area contributed by atoms with E-state index < -0.39 is 15.8 Å². The van der Waals surface area contributed by atoms with Gasteiger partial charge in [-0.25, -0.2) is 13.4 Å². The molecule has 1 fully saturated rings. The van der Waals surface area contributed by atoms with E-state index in [-0.39, 0.29) is 24.1 Å². The average molecular weight is 332 g/mol. The van der Waals surface area contributed by atoms with Crippen molar-refractivity contribution in [3.63, 3.8) is 0 Å². The number of aromatic nitrogens is 1. The smallest absolute Gasteiger partial charge is 0.317 e.